The number of benzene rings is 3. The van der Waals surface area contributed by atoms with E-state index in [9.17, 15) is 26.3 Å². The summed E-state index contributed by atoms with van der Waals surface area (Å²) >= 11 is 0. The molecule has 0 bridgehead atoms. The smallest absolute Gasteiger partial charge is 0.150 e. The fourth-order valence-electron chi connectivity index (χ4n) is 2.59. The first-order valence-electron chi connectivity index (χ1n) is 7.08. The van der Waals surface area contributed by atoms with E-state index in [1.165, 1.54) is 0 Å². The third-order valence-corrected chi connectivity index (χ3v) is 3.45. The number of rotatable bonds is 3. The second-order valence-corrected chi connectivity index (χ2v) is 5.35. The molecule has 0 aliphatic heterocycles. The van der Waals surface area contributed by atoms with Gasteiger partial charge in [0, 0.05) is 54.6 Å². The van der Waals surface area contributed by atoms with Crippen molar-refractivity contribution in [2.24, 2.45) is 0 Å². The molecular formula is C19H9F6+. The van der Waals surface area contributed by atoms with Crippen molar-refractivity contribution in [2.75, 3.05) is 0 Å². The van der Waals surface area contributed by atoms with Crippen LogP contribution in [-0.4, -0.2) is 0 Å². The molecule has 0 spiro atoms. The van der Waals surface area contributed by atoms with Gasteiger partial charge in [-0.1, -0.05) is 0 Å². The summed E-state index contributed by atoms with van der Waals surface area (Å²) in [5.41, 5.74) is -0.354. The van der Waals surface area contributed by atoms with Gasteiger partial charge in [-0.3, -0.25) is 0 Å². The van der Waals surface area contributed by atoms with E-state index < -0.39 is 34.9 Å². The van der Waals surface area contributed by atoms with Gasteiger partial charge in [0.25, 0.3) is 0 Å². The molecule has 3 rings (SSSR count). The molecule has 25 heavy (non-hydrogen) atoms. The van der Waals surface area contributed by atoms with Crippen LogP contribution in [0.15, 0.2) is 54.6 Å². The van der Waals surface area contributed by atoms with Crippen molar-refractivity contribution in [3.05, 3.63) is 112 Å². The zero-order valence-electron chi connectivity index (χ0n) is 12.5. The van der Waals surface area contributed by atoms with Gasteiger partial charge in [0.05, 0.1) is 22.6 Å². The zero-order valence-corrected chi connectivity index (χ0v) is 12.5. The second-order valence-electron chi connectivity index (χ2n) is 5.35. The van der Waals surface area contributed by atoms with Crippen molar-refractivity contribution < 1.29 is 26.3 Å². The molecule has 0 radical (unpaired) electrons. The topological polar surface area (TPSA) is 0 Å². The average Bonchev–Trinajstić information content (AvgIpc) is 2.44. The van der Waals surface area contributed by atoms with Gasteiger partial charge in [-0.15, -0.1) is 0 Å². The van der Waals surface area contributed by atoms with E-state index in [2.05, 4.69) is 0 Å². The van der Waals surface area contributed by atoms with Gasteiger partial charge in [0.1, 0.15) is 0 Å². The van der Waals surface area contributed by atoms with Crippen LogP contribution in [0.1, 0.15) is 16.7 Å². The molecule has 0 nitrogen and oxygen atoms in total. The molecule has 3 aromatic rings. The lowest BCUT2D eigenvalue weighted by Crippen LogP contribution is -2.08. The number of hydrogen-bond donors (Lipinski definition) is 0. The van der Waals surface area contributed by atoms with Gasteiger partial charge in [0.2, 0.25) is 0 Å². The predicted octanol–water partition coefficient (Wildman–Crippen LogP) is 5.54. The largest absolute Gasteiger partial charge is 0.200 e. The Morgan fingerprint density at radius 3 is 0.760 bits per heavy atom. The Bertz CT molecular complexity index is 752. The molecule has 0 atom stereocenters. The minimum Gasteiger partial charge on any atom is -0.200 e. The minimum atomic E-state index is -0.943. The first-order chi connectivity index (χ1) is 11.8. The van der Waals surface area contributed by atoms with Gasteiger partial charge in [0.15, 0.2) is 34.9 Å². The van der Waals surface area contributed by atoms with Crippen LogP contribution in [0.2, 0.25) is 0 Å². The van der Waals surface area contributed by atoms with E-state index in [0.29, 0.717) is 18.2 Å². The quantitative estimate of drug-likeness (QED) is 0.330. The van der Waals surface area contributed by atoms with Crippen LogP contribution in [0.25, 0.3) is 0 Å². The van der Waals surface area contributed by atoms with Crippen LogP contribution in [0.4, 0.5) is 26.3 Å². The lowest BCUT2D eigenvalue weighted by molar-refractivity contribution is 0.577. The van der Waals surface area contributed by atoms with Crippen molar-refractivity contribution in [1.29, 1.82) is 0 Å². The molecule has 0 aliphatic rings. The Balaban J connectivity index is 2.27. The highest BCUT2D eigenvalue weighted by Gasteiger charge is 2.27. The average molecular weight is 351 g/mol. The van der Waals surface area contributed by atoms with Crippen LogP contribution < -0.4 is 0 Å². The summed E-state index contributed by atoms with van der Waals surface area (Å²) in [6.07, 6.45) is 0. The monoisotopic (exact) mass is 351 g/mol. The summed E-state index contributed by atoms with van der Waals surface area (Å²) in [6.45, 7) is 0. The summed E-state index contributed by atoms with van der Waals surface area (Å²) in [5, 5.41) is 0. The molecule has 0 aliphatic carbocycles. The standard InChI is InChI=1S/C19H9F6/c20-13-1-10(2-14(21)7-13)19(11-3-15(22)8-16(23)4-11)12-5-17(24)9-18(25)6-12/h1-9H/q+1. The highest BCUT2D eigenvalue weighted by Crippen LogP contribution is 2.33. The van der Waals surface area contributed by atoms with Crippen molar-refractivity contribution >= 4 is 0 Å². The van der Waals surface area contributed by atoms with Crippen LogP contribution in [0, 0.1) is 40.8 Å². The maximum atomic E-state index is 13.6. The maximum absolute atomic E-state index is 13.6. The Morgan fingerprint density at radius 1 is 0.360 bits per heavy atom. The highest BCUT2D eigenvalue weighted by molar-refractivity contribution is 5.57. The number of halogens is 6. The molecular weight excluding hydrogens is 342 g/mol. The van der Waals surface area contributed by atoms with E-state index in [0.717, 1.165) is 36.4 Å². The van der Waals surface area contributed by atoms with Gasteiger partial charge >= 0.3 is 0 Å². The minimum absolute atomic E-state index is 0.116. The first-order valence-corrected chi connectivity index (χ1v) is 7.08. The summed E-state index contributed by atoms with van der Waals surface area (Å²) in [6, 6.07) is 7.27. The Morgan fingerprint density at radius 2 is 0.560 bits per heavy atom. The van der Waals surface area contributed by atoms with E-state index in [1.807, 2.05) is 0 Å². The molecule has 0 N–H and O–H groups in total. The molecule has 0 heterocycles. The van der Waals surface area contributed by atoms with Gasteiger partial charge in [-0.2, -0.15) is 0 Å². The van der Waals surface area contributed by atoms with Gasteiger partial charge in [-0.25, -0.2) is 26.3 Å². The molecule has 0 fully saturated rings. The van der Waals surface area contributed by atoms with E-state index in [1.54, 1.807) is 0 Å². The zero-order chi connectivity index (χ0) is 18.1. The molecule has 6 heteroatoms. The fraction of sp³-hybridized carbons (Fsp3) is 0. The van der Waals surface area contributed by atoms with Gasteiger partial charge < -0.3 is 0 Å². The SMILES string of the molecule is Fc1cc(F)cc([C+](c2cc(F)cc(F)c2)c2cc(F)cc(F)c2)c1. The third kappa shape index (κ3) is 3.79. The Kier molecular flexibility index (Phi) is 4.44. The normalized spacial score (nSPS) is 10.8. The maximum Gasteiger partial charge on any atom is 0.150 e. The van der Waals surface area contributed by atoms with E-state index in [4.69, 9.17) is 0 Å². The molecule has 0 saturated heterocycles. The number of hydrogen-bond acceptors (Lipinski definition) is 0. The second kappa shape index (κ2) is 6.55. The Hall–Kier alpha value is -2.89. The lowest BCUT2D eigenvalue weighted by atomic mass is 9.85. The van der Waals surface area contributed by atoms with Crippen molar-refractivity contribution in [2.45, 2.75) is 0 Å². The first kappa shape index (κ1) is 17.0. The van der Waals surface area contributed by atoms with Crippen LogP contribution in [0.3, 0.4) is 0 Å². The summed E-state index contributed by atoms with van der Waals surface area (Å²) in [4.78, 5) is 0. The molecule has 3 aromatic carbocycles. The molecule has 0 amide bonds. The molecule has 0 saturated carbocycles. The third-order valence-electron chi connectivity index (χ3n) is 3.45. The summed E-state index contributed by atoms with van der Waals surface area (Å²) < 4.78 is 81.5. The summed E-state index contributed by atoms with van der Waals surface area (Å²) in [7, 11) is 0. The van der Waals surface area contributed by atoms with Crippen molar-refractivity contribution in [3.63, 3.8) is 0 Å². The lowest BCUT2D eigenvalue weighted by Gasteiger charge is -2.14. The van der Waals surface area contributed by atoms with Gasteiger partial charge in [-0.05, 0) is 0 Å². The molecule has 0 unspecified atom stereocenters. The van der Waals surface area contributed by atoms with E-state index in [-0.39, 0.29) is 22.6 Å². The van der Waals surface area contributed by atoms with Crippen LogP contribution in [-0.2, 0) is 0 Å². The molecule has 126 valence electrons. The van der Waals surface area contributed by atoms with Crippen LogP contribution >= 0.6 is 0 Å². The van der Waals surface area contributed by atoms with E-state index >= 15 is 0 Å². The highest BCUT2D eigenvalue weighted by atomic mass is 19.2. The molecule has 0 aromatic heterocycles. The van der Waals surface area contributed by atoms with Crippen molar-refractivity contribution in [1.82, 2.24) is 0 Å². The summed E-state index contributed by atoms with van der Waals surface area (Å²) in [5.74, 6) is -5.78. The van der Waals surface area contributed by atoms with Crippen molar-refractivity contribution in [3.8, 4) is 0 Å². The predicted molar refractivity (Wildman–Crippen MR) is 79.6 cm³/mol. The van der Waals surface area contributed by atoms with Crippen LogP contribution in [0.5, 0.6) is 0 Å². The Labute approximate surface area is 139 Å². The fourth-order valence-corrected chi connectivity index (χ4v) is 2.59.